The van der Waals surface area contributed by atoms with Gasteiger partial charge in [-0.25, -0.2) is 0 Å². The minimum Gasteiger partial charge on any atom is -0.339 e. The number of carbonyl (C=O) groups is 1. The molecule has 21 heavy (non-hydrogen) atoms. The zero-order valence-corrected chi connectivity index (χ0v) is 13.4. The van der Waals surface area contributed by atoms with Gasteiger partial charge in [-0.05, 0) is 24.8 Å². The third-order valence-electron chi connectivity index (χ3n) is 4.85. The Hall–Kier alpha value is -1.06. The third-order valence-corrected chi connectivity index (χ3v) is 4.85. The van der Waals surface area contributed by atoms with Crippen LogP contribution in [0.1, 0.15) is 37.7 Å². The zero-order chi connectivity index (χ0) is 13.9. The smallest absolute Gasteiger partial charge is 0.228 e. The summed E-state index contributed by atoms with van der Waals surface area (Å²) in [5.74, 6) is 1.08. The molecule has 1 N–H and O–H groups in total. The lowest BCUT2D eigenvalue weighted by Gasteiger charge is -2.36. The second-order valence-electron chi connectivity index (χ2n) is 6.02. The Morgan fingerprint density at radius 1 is 1.33 bits per heavy atom. The lowest BCUT2D eigenvalue weighted by Crippen LogP contribution is -2.53. The van der Waals surface area contributed by atoms with Crippen LogP contribution in [0.2, 0.25) is 0 Å². The minimum absolute atomic E-state index is 0. The topological polar surface area (TPSA) is 32.3 Å². The summed E-state index contributed by atoms with van der Waals surface area (Å²) in [6, 6.07) is 11.1. The molecule has 0 aromatic heterocycles. The SMILES string of the molecule is CCC(c1ccccc1)C1CCCN1C(=O)C1CNC1.Cl. The van der Waals surface area contributed by atoms with Crippen LogP contribution in [0, 0.1) is 5.92 Å². The monoisotopic (exact) mass is 308 g/mol. The Balaban J connectivity index is 0.00000161. The molecule has 116 valence electrons. The van der Waals surface area contributed by atoms with Crippen molar-refractivity contribution in [3.63, 3.8) is 0 Å². The summed E-state index contributed by atoms with van der Waals surface area (Å²) in [5.41, 5.74) is 1.38. The van der Waals surface area contributed by atoms with E-state index in [2.05, 4.69) is 47.5 Å². The van der Waals surface area contributed by atoms with Crippen molar-refractivity contribution in [2.24, 2.45) is 5.92 Å². The van der Waals surface area contributed by atoms with E-state index in [1.807, 2.05) is 0 Å². The van der Waals surface area contributed by atoms with Gasteiger partial charge in [0, 0.05) is 31.6 Å². The fourth-order valence-corrected chi connectivity index (χ4v) is 3.61. The molecule has 4 heteroatoms. The van der Waals surface area contributed by atoms with E-state index in [0.29, 0.717) is 17.9 Å². The predicted molar refractivity (Wildman–Crippen MR) is 87.8 cm³/mol. The minimum atomic E-state index is 0. The number of nitrogens with one attached hydrogen (secondary N) is 1. The largest absolute Gasteiger partial charge is 0.339 e. The molecule has 0 spiro atoms. The number of nitrogens with zero attached hydrogens (tertiary/aromatic N) is 1. The summed E-state index contributed by atoms with van der Waals surface area (Å²) < 4.78 is 0. The number of hydrogen-bond donors (Lipinski definition) is 1. The molecule has 3 rings (SSSR count). The molecule has 2 unspecified atom stereocenters. The molecular weight excluding hydrogens is 284 g/mol. The number of carbonyl (C=O) groups excluding carboxylic acids is 1. The Morgan fingerprint density at radius 2 is 2.05 bits per heavy atom. The summed E-state index contributed by atoms with van der Waals surface area (Å²) in [4.78, 5) is 14.7. The first-order valence-corrected chi connectivity index (χ1v) is 7.87. The fourth-order valence-electron chi connectivity index (χ4n) is 3.61. The van der Waals surface area contributed by atoms with E-state index in [9.17, 15) is 4.79 Å². The fraction of sp³-hybridized carbons (Fsp3) is 0.588. The predicted octanol–water partition coefficient (Wildman–Crippen LogP) is 2.81. The van der Waals surface area contributed by atoms with Crippen LogP contribution in [0.15, 0.2) is 30.3 Å². The van der Waals surface area contributed by atoms with Crippen LogP contribution in [-0.4, -0.2) is 36.5 Å². The van der Waals surface area contributed by atoms with Gasteiger partial charge in [0.25, 0.3) is 0 Å². The summed E-state index contributed by atoms with van der Waals surface area (Å²) in [7, 11) is 0. The Labute approximate surface area is 133 Å². The first-order valence-electron chi connectivity index (χ1n) is 7.87. The van der Waals surface area contributed by atoms with Crippen molar-refractivity contribution in [1.82, 2.24) is 10.2 Å². The van der Waals surface area contributed by atoms with E-state index in [1.165, 1.54) is 5.56 Å². The molecule has 1 aromatic carbocycles. The van der Waals surface area contributed by atoms with E-state index < -0.39 is 0 Å². The second kappa shape index (κ2) is 7.28. The van der Waals surface area contributed by atoms with Crippen LogP contribution in [0.25, 0.3) is 0 Å². The van der Waals surface area contributed by atoms with E-state index in [0.717, 1.165) is 38.9 Å². The first-order chi connectivity index (χ1) is 9.81. The molecule has 2 heterocycles. The molecule has 1 amide bonds. The van der Waals surface area contributed by atoms with Crippen molar-refractivity contribution in [2.75, 3.05) is 19.6 Å². The van der Waals surface area contributed by atoms with Gasteiger partial charge in [0.05, 0.1) is 5.92 Å². The molecule has 2 aliphatic heterocycles. The number of likely N-dealkylation sites (tertiary alicyclic amines) is 1. The number of benzene rings is 1. The Bertz CT molecular complexity index is 461. The van der Waals surface area contributed by atoms with Gasteiger partial charge >= 0.3 is 0 Å². The van der Waals surface area contributed by atoms with Gasteiger partial charge in [-0.3, -0.25) is 4.79 Å². The maximum absolute atomic E-state index is 12.6. The van der Waals surface area contributed by atoms with Crippen molar-refractivity contribution < 1.29 is 4.79 Å². The van der Waals surface area contributed by atoms with Gasteiger partial charge in [0.2, 0.25) is 5.91 Å². The van der Waals surface area contributed by atoms with Crippen molar-refractivity contribution in [3.8, 4) is 0 Å². The van der Waals surface area contributed by atoms with E-state index >= 15 is 0 Å². The summed E-state index contributed by atoms with van der Waals surface area (Å²) in [5, 5.41) is 3.21. The lowest BCUT2D eigenvalue weighted by atomic mass is 9.87. The first kappa shape index (κ1) is 16.3. The molecule has 2 aliphatic rings. The van der Waals surface area contributed by atoms with Gasteiger partial charge < -0.3 is 10.2 Å². The van der Waals surface area contributed by atoms with E-state index in [-0.39, 0.29) is 18.3 Å². The highest BCUT2D eigenvalue weighted by Gasteiger charge is 2.38. The van der Waals surface area contributed by atoms with Gasteiger partial charge in [-0.15, -0.1) is 12.4 Å². The number of rotatable bonds is 4. The summed E-state index contributed by atoms with van der Waals surface area (Å²) in [6.07, 6.45) is 3.40. The van der Waals surface area contributed by atoms with Gasteiger partial charge in [0.15, 0.2) is 0 Å². The van der Waals surface area contributed by atoms with Crippen LogP contribution in [0.3, 0.4) is 0 Å². The molecule has 2 fully saturated rings. The van der Waals surface area contributed by atoms with Crippen molar-refractivity contribution >= 4 is 18.3 Å². The Morgan fingerprint density at radius 3 is 2.62 bits per heavy atom. The van der Waals surface area contributed by atoms with Crippen LogP contribution >= 0.6 is 12.4 Å². The van der Waals surface area contributed by atoms with E-state index in [4.69, 9.17) is 0 Å². The van der Waals surface area contributed by atoms with Gasteiger partial charge in [-0.2, -0.15) is 0 Å². The molecule has 1 aromatic rings. The second-order valence-corrected chi connectivity index (χ2v) is 6.02. The molecule has 2 atom stereocenters. The lowest BCUT2D eigenvalue weighted by molar-refractivity contribution is -0.138. The van der Waals surface area contributed by atoms with Crippen molar-refractivity contribution in [2.45, 2.75) is 38.1 Å². The number of halogens is 1. The average Bonchev–Trinajstić information content (AvgIpc) is 2.88. The maximum Gasteiger partial charge on any atom is 0.228 e. The normalized spacial score (nSPS) is 23.3. The molecule has 0 aliphatic carbocycles. The Kier molecular flexibility index (Phi) is 5.65. The highest BCUT2D eigenvalue weighted by molar-refractivity contribution is 5.85. The third kappa shape index (κ3) is 3.24. The van der Waals surface area contributed by atoms with Crippen molar-refractivity contribution in [1.29, 1.82) is 0 Å². The van der Waals surface area contributed by atoms with Crippen molar-refractivity contribution in [3.05, 3.63) is 35.9 Å². The summed E-state index contributed by atoms with van der Waals surface area (Å²) >= 11 is 0. The molecule has 2 saturated heterocycles. The van der Waals surface area contributed by atoms with E-state index in [1.54, 1.807) is 0 Å². The molecule has 0 saturated carbocycles. The number of amides is 1. The highest BCUT2D eigenvalue weighted by atomic mass is 35.5. The van der Waals surface area contributed by atoms with Crippen LogP contribution in [0.4, 0.5) is 0 Å². The highest BCUT2D eigenvalue weighted by Crippen LogP contribution is 2.34. The maximum atomic E-state index is 12.6. The molecular formula is C17H25ClN2O. The molecule has 0 radical (unpaired) electrons. The van der Waals surface area contributed by atoms with Crippen LogP contribution in [0.5, 0.6) is 0 Å². The van der Waals surface area contributed by atoms with Gasteiger partial charge in [-0.1, -0.05) is 37.3 Å². The summed E-state index contributed by atoms with van der Waals surface area (Å²) in [6.45, 7) is 4.92. The van der Waals surface area contributed by atoms with Crippen LogP contribution in [-0.2, 0) is 4.79 Å². The quantitative estimate of drug-likeness (QED) is 0.927. The zero-order valence-electron chi connectivity index (χ0n) is 12.6. The standard InChI is InChI=1S/C17H24N2O.ClH/c1-2-15(13-7-4-3-5-8-13)16-9-6-10-19(16)17(20)14-11-18-12-14;/h3-5,7-8,14-16,18H,2,6,9-12H2,1H3;1H. The molecule has 3 nitrogen and oxygen atoms in total. The number of hydrogen-bond acceptors (Lipinski definition) is 2. The average molecular weight is 309 g/mol. The molecule has 0 bridgehead atoms. The van der Waals surface area contributed by atoms with Gasteiger partial charge in [0.1, 0.15) is 0 Å². The van der Waals surface area contributed by atoms with Crippen LogP contribution < -0.4 is 5.32 Å².